The molecule has 0 aliphatic heterocycles. The second kappa shape index (κ2) is 5.67. The highest BCUT2D eigenvalue weighted by atomic mass is 32.2. The molecule has 1 unspecified atom stereocenters. The summed E-state index contributed by atoms with van der Waals surface area (Å²) in [7, 11) is 2.71. The molecule has 0 saturated carbocycles. The van der Waals surface area contributed by atoms with Crippen LogP contribution in [0.25, 0.3) is 0 Å². The van der Waals surface area contributed by atoms with Crippen molar-refractivity contribution in [2.24, 2.45) is 0 Å². The van der Waals surface area contributed by atoms with Crippen LogP contribution in [0, 0.1) is 0 Å². The van der Waals surface area contributed by atoms with Gasteiger partial charge in [-0.05, 0) is 29.4 Å². The first-order chi connectivity index (χ1) is 9.15. The van der Waals surface area contributed by atoms with E-state index in [9.17, 15) is 9.00 Å². The maximum Gasteiger partial charge on any atom is 0.458 e. The third kappa shape index (κ3) is 2.83. The van der Waals surface area contributed by atoms with Crippen LogP contribution in [0.2, 0.25) is 0 Å². The highest BCUT2D eigenvalue weighted by Gasteiger charge is 2.18. The largest absolute Gasteiger partial charge is 0.497 e. The zero-order valence-electron chi connectivity index (χ0n) is 10.1. The molecule has 9 heteroatoms. The van der Waals surface area contributed by atoms with Gasteiger partial charge in [0.25, 0.3) is 11.3 Å². The number of ether oxygens (including phenoxy) is 2. The van der Waals surface area contributed by atoms with Crippen molar-refractivity contribution in [1.29, 1.82) is 0 Å². The highest BCUT2D eigenvalue weighted by Crippen LogP contribution is 2.22. The van der Waals surface area contributed by atoms with E-state index in [1.807, 2.05) is 0 Å². The number of aromatic nitrogens is 2. The molecule has 102 valence electrons. The molecule has 1 heterocycles. The minimum Gasteiger partial charge on any atom is -0.497 e. The number of hydrogen-bond donors (Lipinski definition) is 0. The van der Waals surface area contributed by atoms with Gasteiger partial charge in [0, 0.05) is 0 Å². The minimum atomic E-state index is -2.06. The number of nitrogens with zero attached hydrogens (tertiary/aromatic N) is 2. The van der Waals surface area contributed by atoms with Crippen LogP contribution in [0.3, 0.4) is 0 Å². The zero-order valence-corrected chi connectivity index (χ0v) is 10.9. The van der Waals surface area contributed by atoms with E-state index in [1.165, 1.54) is 14.2 Å². The molecular formula is C10H10N2O6S. The Morgan fingerprint density at radius 1 is 1.21 bits per heavy atom. The van der Waals surface area contributed by atoms with Gasteiger partial charge in [0.05, 0.1) is 14.2 Å². The summed E-state index contributed by atoms with van der Waals surface area (Å²) < 4.78 is 31.3. The molecule has 0 fully saturated rings. The van der Waals surface area contributed by atoms with Gasteiger partial charge in [0.1, 0.15) is 11.5 Å². The fourth-order valence-corrected chi connectivity index (χ4v) is 1.74. The fourth-order valence-electron chi connectivity index (χ4n) is 1.24. The smallest absolute Gasteiger partial charge is 0.458 e. The number of benzene rings is 1. The fraction of sp³-hybridized carbons (Fsp3) is 0.200. The Balaban J connectivity index is 2.28. The third-order valence-corrected chi connectivity index (χ3v) is 2.99. The van der Waals surface area contributed by atoms with Gasteiger partial charge >= 0.3 is 11.8 Å². The summed E-state index contributed by atoms with van der Waals surface area (Å²) in [4.78, 5) is 11.3. The molecule has 1 aromatic heterocycles. The van der Waals surface area contributed by atoms with Gasteiger partial charge in [-0.15, -0.1) is 3.97 Å². The predicted molar refractivity (Wildman–Crippen MR) is 64.4 cm³/mol. The van der Waals surface area contributed by atoms with Crippen molar-refractivity contribution in [2.75, 3.05) is 14.2 Å². The van der Waals surface area contributed by atoms with Crippen molar-refractivity contribution >= 4 is 11.3 Å². The summed E-state index contributed by atoms with van der Waals surface area (Å²) >= 11 is -2.06. The summed E-state index contributed by atoms with van der Waals surface area (Å²) in [6, 6.07) is 6.24. The molecule has 0 aliphatic rings. The lowest BCUT2D eigenvalue weighted by molar-refractivity contribution is 0.350. The summed E-state index contributed by atoms with van der Waals surface area (Å²) in [6.07, 6.45) is 0. The maximum atomic E-state index is 11.5. The van der Waals surface area contributed by atoms with Gasteiger partial charge in [-0.2, -0.15) is 0 Å². The van der Waals surface area contributed by atoms with E-state index in [4.69, 9.17) is 9.47 Å². The summed E-state index contributed by atoms with van der Waals surface area (Å²) in [6.45, 7) is 0. The van der Waals surface area contributed by atoms with Gasteiger partial charge in [0.15, 0.2) is 0 Å². The van der Waals surface area contributed by atoms with Crippen molar-refractivity contribution in [1.82, 2.24) is 9.13 Å². The van der Waals surface area contributed by atoms with E-state index in [1.54, 1.807) is 24.3 Å². The quantitative estimate of drug-likeness (QED) is 0.799. The average molecular weight is 286 g/mol. The summed E-state index contributed by atoms with van der Waals surface area (Å²) in [5.41, 5.74) is 0. The van der Waals surface area contributed by atoms with Crippen LogP contribution in [0.4, 0.5) is 0 Å². The standard InChI is InChI=1S/C10H10N2O6S/c1-15-7-3-5-8(6-4-7)17-9-11-18-10(13)12(9)19(14)16-2/h3-6H,1-2H3. The molecule has 0 amide bonds. The monoisotopic (exact) mass is 286 g/mol. The minimum absolute atomic E-state index is 0.268. The number of rotatable bonds is 5. The van der Waals surface area contributed by atoms with Gasteiger partial charge in [-0.1, -0.05) is 0 Å². The summed E-state index contributed by atoms with van der Waals surface area (Å²) in [5.74, 6) is 0.0741. The highest BCUT2D eigenvalue weighted by molar-refractivity contribution is 7.78. The first-order valence-corrected chi connectivity index (χ1v) is 6.06. The summed E-state index contributed by atoms with van der Waals surface area (Å²) in [5, 5.41) is 3.37. The van der Waals surface area contributed by atoms with Crippen LogP contribution in [0.1, 0.15) is 0 Å². The van der Waals surface area contributed by atoms with Crippen molar-refractivity contribution < 1.29 is 22.4 Å². The van der Waals surface area contributed by atoms with Crippen molar-refractivity contribution in [3.8, 4) is 17.5 Å². The van der Waals surface area contributed by atoms with Crippen molar-refractivity contribution in [3.63, 3.8) is 0 Å². The van der Waals surface area contributed by atoms with Crippen LogP contribution in [-0.2, 0) is 15.4 Å². The Morgan fingerprint density at radius 3 is 2.42 bits per heavy atom. The van der Waals surface area contributed by atoms with Crippen molar-refractivity contribution in [3.05, 3.63) is 34.8 Å². The second-order valence-corrected chi connectivity index (χ2v) is 4.32. The van der Waals surface area contributed by atoms with E-state index in [0.717, 1.165) is 0 Å². The van der Waals surface area contributed by atoms with Gasteiger partial charge in [-0.3, -0.25) is 8.71 Å². The molecule has 8 nitrogen and oxygen atoms in total. The molecule has 0 bridgehead atoms. The van der Waals surface area contributed by atoms with Crippen LogP contribution in [0.5, 0.6) is 17.5 Å². The van der Waals surface area contributed by atoms with E-state index >= 15 is 0 Å². The molecule has 1 atom stereocenters. The number of methoxy groups -OCH3 is 1. The molecule has 0 radical (unpaired) electrons. The Kier molecular flexibility index (Phi) is 3.97. The maximum absolute atomic E-state index is 11.5. The molecule has 0 spiro atoms. The molecule has 2 aromatic rings. The molecule has 0 saturated heterocycles. The Bertz CT molecular complexity index is 632. The van der Waals surface area contributed by atoms with E-state index in [2.05, 4.69) is 13.9 Å². The number of hydrogen-bond acceptors (Lipinski definition) is 7. The van der Waals surface area contributed by atoms with Crippen LogP contribution >= 0.6 is 0 Å². The van der Waals surface area contributed by atoms with E-state index in [-0.39, 0.29) is 6.01 Å². The van der Waals surface area contributed by atoms with Crippen LogP contribution in [0.15, 0.2) is 33.6 Å². The Labute approximate surface area is 110 Å². The SMILES string of the molecule is COc1ccc(Oc2noc(=O)n2S(=O)OC)cc1. The first kappa shape index (κ1) is 13.3. The molecule has 0 aliphatic carbocycles. The van der Waals surface area contributed by atoms with E-state index in [0.29, 0.717) is 15.5 Å². The average Bonchev–Trinajstić information content (AvgIpc) is 2.80. The van der Waals surface area contributed by atoms with Gasteiger partial charge < -0.3 is 9.47 Å². The lowest BCUT2D eigenvalue weighted by atomic mass is 10.3. The zero-order chi connectivity index (χ0) is 13.8. The van der Waals surface area contributed by atoms with Gasteiger partial charge in [-0.25, -0.2) is 9.00 Å². The van der Waals surface area contributed by atoms with Gasteiger partial charge in [0.2, 0.25) is 0 Å². The molecule has 1 aromatic carbocycles. The van der Waals surface area contributed by atoms with Crippen LogP contribution in [-0.4, -0.2) is 27.6 Å². The first-order valence-electron chi connectivity index (χ1n) is 5.03. The van der Waals surface area contributed by atoms with Crippen molar-refractivity contribution in [2.45, 2.75) is 0 Å². The molecule has 19 heavy (non-hydrogen) atoms. The molecular weight excluding hydrogens is 276 g/mol. The van der Waals surface area contributed by atoms with Crippen LogP contribution < -0.4 is 15.2 Å². The third-order valence-electron chi connectivity index (χ3n) is 2.10. The predicted octanol–water partition coefficient (Wildman–Crippen LogP) is 0.710. The lowest BCUT2D eigenvalue weighted by Gasteiger charge is -2.05. The van der Waals surface area contributed by atoms with E-state index < -0.39 is 17.0 Å². The molecule has 0 N–H and O–H groups in total. The molecule has 2 rings (SSSR count). The second-order valence-electron chi connectivity index (χ2n) is 3.19. The lowest BCUT2D eigenvalue weighted by Crippen LogP contribution is -2.19. The Hall–Kier alpha value is -2.13. The Morgan fingerprint density at radius 2 is 1.84 bits per heavy atom. The topological polar surface area (TPSA) is 92.8 Å². The normalized spacial score (nSPS) is 12.1.